The first kappa shape index (κ1) is 34.2. The summed E-state index contributed by atoms with van der Waals surface area (Å²) in [5.41, 5.74) is 2.27. The molecule has 0 unspecified atom stereocenters. The summed E-state index contributed by atoms with van der Waals surface area (Å²) in [4.78, 5) is 59.8. The van der Waals surface area contributed by atoms with E-state index in [-0.39, 0.29) is 11.1 Å². The van der Waals surface area contributed by atoms with Gasteiger partial charge in [0.15, 0.2) is 0 Å². The maximum atomic E-state index is 14.3. The lowest BCUT2D eigenvalue weighted by atomic mass is 10.2. The van der Waals surface area contributed by atoms with Gasteiger partial charge < -0.3 is 9.47 Å². The number of benzene rings is 5. The van der Waals surface area contributed by atoms with Crippen LogP contribution in [0.3, 0.4) is 0 Å². The highest BCUT2D eigenvalue weighted by Crippen LogP contribution is 2.69. The molecule has 0 atom stereocenters. The molecule has 0 aliphatic carbocycles. The lowest BCUT2D eigenvalue weighted by Gasteiger charge is -2.27. The van der Waals surface area contributed by atoms with E-state index in [9.17, 15) is 19.2 Å². The normalized spacial score (nSPS) is 16.6. The van der Waals surface area contributed by atoms with E-state index in [2.05, 4.69) is 0 Å². The molecule has 5 aromatic carbocycles. The summed E-state index contributed by atoms with van der Waals surface area (Å²) in [6.07, 6.45) is 0. The molecule has 14 heteroatoms. The zero-order valence-electron chi connectivity index (χ0n) is 28.4. The maximum absolute atomic E-state index is 14.3. The molecule has 266 valence electrons. The van der Waals surface area contributed by atoms with Crippen LogP contribution in [0.1, 0.15) is 0 Å². The maximum Gasteiger partial charge on any atom is 0.284 e. The number of anilines is 4. The van der Waals surface area contributed by atoms with Crippen molar-refractivity contribution < 1.29 is 28.7 Å². The third-order valence-corrected chi connectivity index (χ3v) is 14.1. The molecule has 4 aliphatic rings. The van der Waals surface area contributed by atoms with Crippen molar-refractivity contribution >= 4 is 93.4 Å². The molecular weight excluding hydrogens is 761 g/mol. The summed E-state index contributed by atoms with van der Waals surface area (Å²) in [6, 6.07) is 36.2. The summed E-state index contributed by atoms with van der Waals surface area (Å²) in [5, 5.41) is 5.59. The molecule has 0 spiro atoms. The molecule has 10 nitrogen and oxygen atoms in total. The van der Waals surface area contributed by atoms with Crippen LogP contribution in [0, 0.1) is 0 Å². The van der Waals surface area contributed by atoms with Crippen LogP contribution in [-0.4, -0.2) is 37.8 Å². The van der Waals surface area contributed by atoms with E-state index in [1.165, 1.54) is 67.1 Å². The molecule has 0 saturated carbocycles. The fourth-order valence-corrected chi connectivity index (χ4v) is 12.2. The van der Waals surface area contributed by atoms with Crippen molar-refractivity contribution in [3.63, 3.8) is 0 Å². The topological polar surface area (TPSA) is 99.7 Å². The average molecular weight is 787 g/mol. The quantitative estimate of drug-likeness (QED) is 0.123. The number of rotatable bonds is 6. The fourth-order valence-electron chi connectivity index (χ4n) is 6.50. The Labute approximate surface area is 326 Å². The molecule has 0 radical (unpaired) electrons. The highest BCUT2D eigenvalue weighted by Gasteiger charge is 2.50. The van der Waals surface area contributed by atoms with Crippen LogP contribution in [0.2, 0.25) is 0 Å². The predicted molar refractivity (Wildman–Crippen MR) is 213 cm³/mol. The Kier molecular flexibility index (Phi) is 8.69. The van der Waals surface area contributed by atoms with Gasteiger partial charge in [0.05, 0.1) is 65.0 Å². The van der Waals surface area contributed by atoms with Gasteiger partial charge in [0.1, 0.15) is 22.6 Å². The minimum Gasteiger partial charge on any atom is -0.494 e. The van der Waals surface area contributed by atoms with E-state index in [1.807, 2.05) is 72.8 Å². The van der Waals surface area contributed by atoms with Gasteiger partial charge in [-0.2, -0.15) is 0 Å². The Morgan fingerprint density at radius 1 is 0.370 bits per heavy atom. The highest BCUT2D eigenvalue weighted by atomic mass is 32.2. The molecular formula is C40H26N4O6S4. The Bertz CT molecular complexity index is 2130. The van der Waals surface area contributed by atoms with Gasteiger partial charge in [0.25, 0.3) is 23.6 Å². The molecule has 54 heavy (non-hydrogen) atoms. The molecule has 2 fully saturated rings. The van der Waals surface area contributed by atoms with Gasteiger partial charge in [-0.15, -0.1) is 0 Å². The van der Waals surface area contributed by atoms with Gasteiger partial charge in [-0.25, -0.2) is 20.0 Å². The first-order valence-electron chi connectivity index (χ1n) is 16.5. The zero-order chi connectivity index (χ0) is 37.1. The number of methoxy groups -OCH3 is 2. The SMILES string of the molecule is COc1c2c(c(OC)c3c1SC(=C1C(=O)N(c4ccccc4)N(c4ccccc4)C1=O)S3)SC(=C1C(=O)N(c3ccccc3)N(c3ccccc3)C1=O)S2. The number of carbonyl (C=O) groups excluding carboxylic acids is 4. The van der Waals surface area contributed by atoms with Gasteiger partial charge in [-0.1, -0.05) is 120 Å². The molecule has 9 rings (SSSR count). The van der Waals surface area contributed by atoms with E-state index in [0.717, 1.165) is 0 Å². The summed E-state index contributed by atoms with van der Waals surface area (Å²) < 4.78 is 13.1. The first-order valence-corrected chi connectivity index (χ1v) is 19.8. The fraction of sp³-hybridized carbons (Fsp3) is 0.0500. The standard InChI is InChI=1S/C40H26N4O6S4/c1-49-29-31-33(53-39(51-31)27-35(45)41(23-15-7-3-8-16-23)42(36(27)46)24-17-9-4-10-18-24)30(50-2)34-32(29)52-40(54-34)28-37(47)43(25-19-11-5-12-20-25)44(38(28)48)26-21-13-6-14-22-26/h3-22H,1-2H3. The third-order valence-electron chi connectivity index (χ3n) is 8.86. The molecule has 4 heterocycles. The molecule has 4 amide bonds. The third kappa shape index (κ3) is 5.31. The number of nitrogens with zero attached hydrogens (tertiary/aromatic N) is 4. The van der Waals surface area contributed by atoms with Crippen LogP contribution in [0.4, 0.5) is 22.7 Å². The predicted octanol–water partition coefficient (Wildman–Crippen LogP) is 8.51. The van der Waals surface area contributed by atoms with Gasteiger partial charge in [-0.05, 0) is 48.5 Å². The number of amides is 4. The van der Waals surface area contributed by atoms with Gasteiger partial charge in [-0.3, -0.25) is 19.2 Å². The minimum absolute atomic E-state index is 0.0328. The van der Waals surface area contributed by atoms with Crippen LogP contribution in [0.5, 0.6) is 11.5 Å². The van der Waals surface area contributed by atoms with Crippen molar-refractivity contribution in [1.82, 2.24) is 0 Å². The van der Waals surface area contributed by atoms with Crippen molar-refractivity contribution in [3.05, 3.63) is 141 Å². The number of hydrazine groups is 2. The smallest absolute Gasteiger partial charge is 0.284 e. The van der Waals surface area contributed by atoms with Crippen LogP contribution < -0.4 is 29.5 Å². The monoisotopic (exact) mass is 786 g/mol. The minimum atomic E-state index is -0.455. The van der Waals surface area contributed by atoms with E-state index >= 15 is 0 Å². The van der Waals surface area contributed by atoms with E-state index in [1.54, 1.807) is 62.8 Å². The van der Waals surface area contributed by atoms with Gasteiger partial charge in [0.2, 0.25) is 0 Å². The van der Waals surface area contributed by atoms with Crippen LogP contribution in [0.15, 0.2) is 161 Å². The molecule has 2 saturated heterocycles. The van der Waals surface area contributed by atoms with E-state index < -0.39 is 23.6 Å². The Morgan fingerprint density at radius 3 is 0.796 bits per heavy atom. The molecule has 0 aromatic heterocycles. The lowest BCUT2D eigenvalue weighted by molar-refractivity contribution is -0.118. The Morgan fingerprint density at radius 2 is 0.593 bits per heavy atom. The van der Waals surface area contributed by atoms with Gasteiger partial charge >= 0.3 is 0 Å². The summed E-state index contributed by atoms with van der Waals surface area (Å²) in [6.45, 7) is 0. The Balaban J connectivity index is 1.12. The van der Waals surface area contributed by atoms with Crippen LogP contribution in [-0.2, 0) is 19.2 Å². The lowest BCUT2D eigenvalue weighted by Crippen LogP contribution is -2.41. The number of para-hydroxylation sites is 4. The number of hydrogen-bond donors (Lipinski definition) is 0. The second kappa shape index (κ2) is 13.7. The summed E-state index contributed by atoms with van der Waals surface area (Å²) in [5.74, 6) is -0.826. The largest absolute Gasteiger partial charge is 0.494 e. The van der Waals surface area contributed by atoms with Crippen molar-refractivity contribution in [2.75, 3.05) is 34.3 Å². The second-order valence-electron chi connectivity index (χ2n) is 11.9. The zero-order valence-corrected chi connectivity index (χ0v) is 31.7. The van der Waals surface area contributed by atoms with E-state index in [4.69, 9.17) is 9.47 Å². The van der Waals surface area contributed by atoms with Crippen molar-refractivity contribution in [2.45, 2.75) is 19.6 Å². The van der Waals surface area contributed by atoms with Crippen molar-refractivity contribution in [1.29, 1.82) is 0 Å². The number of fused-ring (bicyclic) bond motifs is 2. The molecule has 5 aromatic rings. The van der Waals surface area contributed by atoms with Crippen LogP contribution >= 0.6 is 47.0 Å². The first-order chi connectivity index (χ1) is 26.4. The summed E-state index contributed by atoms with van der Waals surface area (Å²) >= 11 is 5.06. The van der Waals surface area contributed by atoms with Crippen LogP contribution in [0.25, 0.3) is 0 Å². The number of carbonyl (C=O) groups is 4. The van der Waals surface area contributed by atoms with Gasteiger partial charge in [0, 0.05) is 0 Å². The molecule has 0 bridgehead atoms. The second-order valence-corrected chi connectivity index (χ2v) is 16.5. The molecule has 0 N–H and O–H groups in total. The molecule has 4 aliphatic heterocycles. The number of ether oxygens (including phenoxy) is 2. The number of hydrogen-bond acceptors (Lipinski definition) is 10. The number of thioether (sulfide) groups is 4. The highest BCUT2D eigenvalue weighted by molar-refractivity contribution is 8.26. The van der Waals surface area contributed by atoms with E-state index in [0.29, 0.717) is 62.3 Å². The summed E-state index contributed by atoms with van der Waals surface area (Å²) in [7, 11) is 3.10. The Hall–Kier alpha value is -5.54. The van der Waals surface area contributed by atoms with Crippen molar-refractivity contribution in [2.24, 2.45) is 0 Å². The average Bonchev–Trinajstić information content (AvgIpc) is 3.96. The van der Waals surface area contributed by atoms with Crippen molar-refractivity contribution in [3.8, 4) is 11.5 Å².